The summed E-state index contributed by atoms with van der Waals surface area (Å²) in [6, 6.07) is 15.1. The summed E-state index contributed by atoms with van der Waals surface area (Å²) in [6.45, 7) is 3.32. The summed E-state index contributed by atoms with van der Waals surface area (Å²) in [5.74, 6) is -0.301. The number of hydrogen-bond donors (Lipinski definition) is 0. The number of anilines is 2. The van der Waals surface area contributed by atoms with Crippen molar-refractivity contribution in [3.05, 3.63) is 48.5 Å². The van der Waals surface area contributed by atoms with Crippen molar-refractivity contribution in [1.82, 2.24) is 0 Å². The van der Waals surface area contributed by atoms with E-state index in [0.29, 0.717) is 11.4 Å². The summed E-state index contributed by atoms with van der Waals surface area (Å²) < 4.78 is 0. The zero-order valence-electron chi connectivity index (χ0n) is 20.7. The van der Waals surface area contributed by atoms with Gasteiger partial charge in [0.05, 0.1) is 17.1 Å². The Balaban J connectivity index is 1.40. The van der Waals surface area contributed by atoms with Crippen LogP contribution in [0.25, 0.3) is 0 Å². The Labute approximate surface area is 204 Å². The third kappa shape index (κ3) is 7.79. The fourth-order valence-electron chi connectivity index (χ4n) is 4.21. The van der Waals surface area contributed by atoms with Gasteiger partial charge in [0, 0.05) is 32.1 Å². The maximum atomic E-state index is 11.9. The minimum atomic E-state index is -0.151. The number of unbranched alkanes of at least 4 members (excludes halogenated alkanes) is 8. The number of hydrogen-bond acceptors (Lipinski definition) is 5. The number of rotatable bonds is 14. The molecule has 0 N–H and O–H groups in total. The number of amides is 2. The van der Waals surface area contributed by atoms with Crippen LogP contribution >= 0.6 is 0 Å². The van der Waals surface area contributed by atoms with Gasteiger partial charge in [0.2, 0.25) is 11.8 Å². The molecular weight excluding hydrogens is 424 g/mol. The normalized spacial score (nSPS) is 13.9. The molecule has 2 aromatic carbocycles. The van der Waals surface area contributed by atoms with Gasteiger partial charge in [0.15, 0.2) is 0 Å². The highest BCUT2D eigenvalue weighted by molar-refractivity contribution is 6.19. The number of imide groups is 1. The Morgan fingerprint density at radius 3 is 1.71 bits per heavy atom. The fourth-order valence-corrected chi connectivity index (χ4v) is 4.21. The van der Waals surface area contributed by atoms with Gasteiger partial charge in [-0.2, -0.15) is 10.2 Å². The average Bonchev–Trinajstić information content (AvgIpc) is 3.20. The van der Waals surface area contributed by atoms with Crippen molar-refractivity contribution >= 4 is 34.6 Å². The Hall–Kier alpha value is -3.02. The van der Waals surface area contributed by atoms with Gasteiger partial charge in [-0.05, 0) is 55.0 Å². The van der Waals surface area contributed by atoms with Gasteiger partial charge < -0.3 is 4.90 Å². The predicted molar refractivity (Wildman–Crippen MR) is 139 cm³/mol. The molecule has 0 atom stereocenters. The topological polar surface area (TPSA) is 65.3 Å². The van der Waals surface area contributed by atoms with Gasteiger partial charge in [-0.15, -0.1) is 0 Å². The highest BCUT2D eigenvalue weighted by Gasteiger charge is 2.30. The van der Waals surface area contributed by atoms with E-state index in [2.05, 4.69) is 41.2 Å². The van der Waals surface area contributed by atoms with Crippen molar-refractivity contribution in [1.29, 1.82) is 0 Å². The lowest BCUT2D eigenvalue weighted by atomic mass is 10.1. The minimum absolute atomic E-state index is 0.151. The van der Waals surface area contributed by atoms with Crippen LogP contribution in [0.4, 0.5) is 22.7 Å². The monoisotopic (exact) mass is 462 g/mol. The second-order valence-corrected chi connectivity index (χ2v) is 9.11. The molecule has 2 aromatic rings. The van der Waals surface area contributed by atoms with Crippen molar-refractivity contribution in [2.75, 3.05) is 23.4 Å². The number of nitrogens with zero attached hydrogens (tertiary/aromatic N) is 4. The van der Waals surface area contributed by atoms with E-state index in [0.717, 1.165) is 12.2 Å². The highest BCUT2D eigenvalue weighted by Crippen LogP contribution is 2.26. The van der Waals surface area contributed by atoms with Gasteiger partial charge in [-0.25, -0.2) is 0 Å². The largest absolute Gasteiger partial charge is 0.375 e. The first-order valence-corrected chi connectivity index (χ1v) is 12.8. The van der Waals surface area contributed by atoms with E-state index in [4.69, 9.17) is 0 Å². The molecule has 6 nitrogen and oxygen atoms in total. The van der Waals surface area contributed by atoms with Crippen molar-refractivity contribution in [3.63, 3.8) is 0 Å². The van der Waals surface area contributed by atoms with E-state index in [1.54, 1.807) is 24.3 Å². The van der Waals surface area contributed by atoms with E-state index in [1.165, 1.54) is 68.4 Å². The Morgan fingerprint density at radius 2 is 1.18 bits per heavy atom. The molecule has 3 rings (SSSR count). The zero-order valence-corrected chi connectivity index (χ0v) is 20.7. The number of azo groups is 1. The van der Waals surface area contributed by atoms with Gasteiger partial charge in [-0.1, -0.05) is 58.3 Å². The van der Waals surface area contributed by atoms with Gasteiger partial charge in [0.1, 0.15) is 0 Å². The quantitative estimate of drug-likeness (QED) is 0.164. The summed E-state index contributed by atoms with van der Waals surface area (Å²) in [6.07, 6.45) is 12.6. The Kier molecular flexibility index (Phi) is 10.3. The summed E-state index contributed by atoms with van der Waals surface area (Å²) in [4.78, 5) is 27.2. The van der Waals surface area contributed by atoms with E-state index in [-0.39, 0.29) is 24.7 Å². The maximum Gasteiger partial charge on any atom is 0.234 e. The smallest absolute Gasteiger partial charge is 0.234 e. The summed E-state index contributed by atoms with van der Waals surface area (Å²) in [5, 5.41) is 8.60. The second-order valence-electron chi connectivity index (χ2n) is 9.11. The van der Waals surface area contributed by atoms with Gasteiger partial charge >= 0.3 is 0 Å². The van der Waals surface area contributed by atoms with E-state index >= 15 is 0 Å². The lowest BCUT2D eigenvalue weighted by molar-refractivity contribution is -0.121. The molecule has 1 heterocycles. The van der Waals surface area contributed by atoms with E-state index in [1.807, 2.05) is 12.1 Å². The van der Waals surface area contributed by atoms with E-state index < -0.39 is 0 Å². The molecule has 0 saturated carbocycles. The zero-order chi connectivity index (χ0) is 24.2. The van der Waals surface area contributed by atoms with Crippen molar-refractivity contribution in [3.8, 4) is 0 Å². The number of carbonyl (C=O) groups excluding carboxylic acids is 2. The molecule has 0 spiro atoms. The first-order chi connectivity index (χ1) is 16.6. The van der Waals surface area contributed by atoms with Crippen LogP contribution in [-0.2, 0) is 9.59 Å². The first kappa shape index (κ1) is 25.6. The SMILES string of the molecule is CCCCCCCCCCCN(C)c1ccc(N=Nc2ccc(N3C(=O)CCC3=O)cc2)cc1. The molecule has 1 aliphatic heterocycles. The number of carbonyl (C=O) groups is 2. The van der Waals surface area contributed by atoms with Crippen LogP contribution in [0.3, 0.4) is 0 Å². The third-order valence-electron chi connectivity index (χ3n) is 6.33. The van der Waals surface area contributed by atoms with Crippen LogP contribution in [0.15, 0.2) is 58.8 Å². The molecule has 1 aliphatic rings. The molecule has 182 valence electrons. The second kappa shape index (κ2) is 13.6. The third-order valence-corrected chi connectivity index (χ3v) is 6.33. The molecule has 0 radical (unpaired) electrons. The molecule has 6 heteroatoms. The minimum Gasteiger partial charge on any atom is -0.375 e. The van der Waals surface area contributed by atoms with Crippen LogP contribution in [0.1, 0.15) is 77.6 Å². The van der Waals surface area contributed by atoms with Crippen LogP contribution in [0.2, 0.25) is 0 Å². The summed E-state index contributed by atoms with van der Waals surface area (Å²) in [5.41, 5.74) is 3.23. The molecule has 0 aliphatic carbocycles. The number of benzene rings is 2. The van der Waals surface area contributed by atoms with Crippen LogP contribution in [-0.4, -0.2) is 25.4 Å². The lowest BCUT2D eigenvalue weighted by Crippen LogP contribution is -2.28. The van der Waals surface area contributed by atoms with Crippen molar-refractivity contribution in [2.24, 2.45) is 10.2 Å². The van der Waals surface area contributed by atoms with Crippen LogP contribution in [0, 0.1) is 0 Å². The molecule has 1 fully saturated rings. The van der Waals surface area contributed by atoms with Crippen LogP contribution in [0.5, 0.6) is 0 Å². The molecule has 1 saturated heterocycles. The van der Waals surface area contributed by atoms with Crippen molar-refractivity contribution < 1.29 is 9.59 Å². The predicted octanol–water partition coefficient (Wildman–Crippen LogP) is 7.72. The lowest BCUT2D eigenvalue weighted by Gasteiger charge is -2.19. The molecule has 0 bridgehead atoms. The van der Waals surface area contributed by atoms with Crippen LogP contribution < -0.4 is 9.80 Å². The average molecular weight is 463 g/mol. The Morgan fingerprint density at radius 1 is 0.706 bits per heavy atom. The Bertz CT molecular complexity index is 922. The highest BCUT2D eigenvalue weighted by atomic mass is 16.2. The van der Waals surface area contributed by atoms with E-state index in [9.17, 15) is 9.59 Å². The molecule has 0 aromatic heterocycles. The van der Waals surface area contributed by atoms with Crippen molar-refractivity contribution in [2.45, 2.75) is 77.6 Å². The molecular formula is C28H38N4O2. The fraction of sp³-hybridized carbons (Fsp3) is 0.500. The first-order valence-electron chi connectivity index (χ1n) is 12.8. The molecule has 34 heavy (non-hydrogen) atoms. The van der Waals surface area contributed by atoms with Gasteiger partial charge in [-0.3, -0.25) is 14.5 Å². The van der Waals surface area contributed by atoms with Gasteiger partial charge in [0.25, 0.3) is 0 Å². The molecule has 0 unspecified atom stereocenters. The molecule has 2 amide bonds. The maximum absolute atomic E-state index is 11.9. The standard InChI is InChI=1S/C28H38N4O2/c1-3-4-5-6-7-8-9-10-11-22-31(2)25-16-12-23(13-17-25)29-30-24-14-18-26(19-15-24)32-27(33)20-21-28(32)34/h12-19H,3-11,20-22H2,1-2H3. The summed E-state index contributed by atoms with van der Waals surface area (Å²) in [7, 11) is 2.14. The summed E-state index contributed by atoms with van der Waals surface area (Å²) >= 11 is 0.